The van der Waals surface area contributed by atoms with Gasteiger partial charge < -0.3 is 4.42 Å². The van der Waals surface area contributed by atoms with Crippen molar-refractivity contribution in [3.63, 3.8) is 0 Å². The van der Waals surface area contributed by atoms with Gasteiger partial charge in [0.25, 0.3) is 0 Å². The lowest BCUT2D eigenvalue weighted by atomic mass is 9.88. The lowest BCUT2D eigenvalue weighted by Crippen LogP contribution is -2.00. The summed E-state index contributed by atoms with van der Waals surface area (Å²) in [6, 6.07) is 68.5. The van der Waals surface area contributed by atoms with Crippen molar-refractivity contribution in [2.45, 2.75) is 0 Å². The normalized spacial score (nSPS) is 11.6. The van der Waals surface area contributed by atoms with Gasteiger partial charge in [-0.15, -0.1) is 0 Å². The van der Waals surface area contributed by atoms with Gasteiger partial charge in [0, 0.05) is 61.8 Å². The van der Waals surface area contributed by atoms with E-state index < -0.39 is 0 Å². The van der Waals surface area contributed by atoms with E-state index in [0.29, 0.717) is 23.0 Å². The van der Waals surface area contributed by atoms with Crippen molar-refractivity contribution in [1.82, 2.24) is 24.9 Å². The second-order valence-corrected chi connectivity index (χ2v) is 16.7. The number of nitrogens with zero attached hydrogens (tertiary/aromatic N) is 6. The van der Waals surface area contributed by atoms with Gasteiger partial charge in [-0.1, -0.05) is 133 Å². The maximum absolute atomic E-state index is 9.44. The molecule has 0 fully saturated rings. The van der Waals surface area contributed by atoms with Crippen molar-refractivity contribution < 1.29 is 4.42 Å². The molecular weight excluding hydrogens is 821 g/mol. The molecule has 0 radical (unpaired) electrons. The standard InChI is InChI=1S/C60H34N6O/c61-35-36-21-23-37(24-22-36)42-27-28-45(44-16-5-4-15-43(42)44)53-34-52-48-18-9-29-62-56(48)50(33-51(52)49-19-10-30-63-57(49)53)39-13-8-14-40(31-39)59-64-58(38-11-2-1-3-12-38)65-60(66-59)41-25-26-47-46-17-6-7-20-54(46)67-55(47)32-41/h1-34H. The van der Waals surface area contributed by atoms with E-state index in [-0.39, 0.29) is 0 Å². The van der Waals surface area contributed by atoms with E-state index in [1.54, 1.807) is 0 Å². The number of nitriles is 1. The molecule has 0 atom stereocenters. The minimum atomic E-state index is 0.556. The van der Waals surface area contributed by atoms with E-state index in [1.807, 2.05) is 103 Å². The first-order valence-electron chi connectivity index (χ1n) is 22.1. The third-order valence-electron chi connectivity index (χ3n) is 12.8. The number of fused-ring (bicyclic) bond motifs is 9. The number of rotatable bonds is 6. The SMILES string of the molecule is N#Cc1ccc(-c2ccc(-c3cc4c5cccnc5c(-c5cccc(-c6nc(-c7ccccc7)nc(-c7ccc8c(c7)oc7ccccc78)n6)c5)cc4c4cccnc34)c3ccccc23)cc1. The van der Waals surface area contributed by atoms with Crippen molar-refractivity contribution in [1.29, 1.82) is 5.26 Å². The molecule has 0 aliphatic rings. The van der Waals surface area contributed by atoms with E-state index in [4.69, 9.17) is 29.3 Å². The van der Waals surface area contributed by atoms with E-state index in [2.05, 4.69) is 109 Å². The Labute approximate surface area is 384 Å². The average Bonchev–Trinajstić information content (AvgIpc) is 3.78. The van der Waals surface area contributed by atoms with Crippen LogP contribution in [0.1, 0.15) is 5.56 Å². The van der Waals surface area contributed by atoms with Crippen molar-refractivity contribution in [3.05, 3.63) is 212 Å². The fourth-order valence-electron chi connectivity index (χ4n) is 9.68. The Hall–Kier alpha value is -9.38. The summed E-state index contributed by atoms with van der Waals surface area (Å²) >= 11 is 0. The molecule has 0 N–H and O–H groups in total. The van der Waals surface area contributed by atoms with Crippen molar-refractivity contribution >= 4 is 65.3 Å². The van der Waals surface area contributed by atoms with Gasteiger partial charge in [-0.3, -0.25) is 9.97 Å². The molecule has 0 aliphatic heterocycles. The Morgan fingerprint density at radius 3 is 1.60 bits per heavy atom. The molecule has 13 aromatic rings. The Balaban J connectivity index is 0.972. The third kappa shape index (κ3) is 6.39. The number of hydrogen-bond donors (Lipinski definition) is 0. The Bertz CT molecular complexity index is 4170. The highest BCUT2D eigenvalue weighted by molar-refractivity contribution is 6.23. The zero-order valence-electron chi connectivity index (χ0n) is 35.7. The van der Waals surface area contributed by atoms with Crippen LogP contribution in [0.3, 0.4) is 0 Å². The maximum atomic E-state index is 9.44. The monoisotopic (exact) mass is 854 g/mol. The van der Waals surface area contributed by atoms with Gasteiger partial charge >= 0.3 is 0 Å². The quantitative estimate of drug-likeness (QED) is 0.154. The van der Waals surface area contributed by atoms with Crippen LogP contribution in [0.25, 0.3) is 133 Å². The van der Waals surface area contributed by atoms with Crippen LogP contribution in [0.4, 0.5) is 0 Å². The number of hydrogen-bond acceptors (Lipinski definition) is 7. The van der Waals surface area contributed by atoms with Gasteiger partial charge in [0.2, 0.25) is 0 Å². The second-order valence-electron chi connectivity index (χ2n) is 16.7. The summed E-state index contributed by atoms with van der Waals surface area (Å²) in [7, 11) is 0. The van der Waals surface area contributed by atoms with Gasteiger partial charge in [0.1, 0.15) is 11.2 Å². The molecule has 0 aliphatic carbocycles. The molecule has 0 saturated carbocycles. The number of furan rings is 1. The zero-order valence-corrected chi connectivity index (χ0v) is 35.7. The van der Waals surface area contributed by atoms with E-state index in [1.165, 1.54) is 0 Å². The Morgan fingerprint density at radius 1 is 0.328 bits per heavy atom. The van der Waals surface area contributed by atoms with Crippen molar-refractivity contribution in [3.8, 4) is 73.6 Å². The van der Waals surface area contributed by atoms with Crippen LogP contribution in [0.2, 0.25) is 0 Å². The second kappa shape index (κ2) is 15.4. The molecule has 0 unspecified atom stereocenters. The number of pyridine rings is 2. The molecule has 0 saturated heterocycles. The molecule has 4 aromatic heterocycles. The molecule has 7 heteroatoms. The highest BCUT2D eigenvalue weighted by Crippen LogP contribution is 2.44. The Kier molecular flexibility index (Phi) is 8.76. The van der Waals surface area contributed by atoms with Crippen LogP contribution in [0, 0.1) is 11.3 Å². The van der Waals surface area contributed by atoms with Gasteiger partial charge in [-0.05, 0) is 104 Å². The van der Waals surface area contributed by atoms with Gasteiger partial charge in [-0.2, -0.15) is 5.26 Å². The first kappa shape index (κ1) is 38.1. The number of para-hydroxylation sites is 1. The third-order valence-corrected chi connectivity index (χ3v) is 12.8. The fourth-order valence-corrected chi connectivity index (χ4v) is 9.68. The molecule has 4 heterocycles. The molecule has 0 amide bonds. The van der Waals surface area contributed by atoms with Crippen molar-refractivity contribution in [2.75, 3.05) is 0 Å². The first-order valence-corrected chi connectivity index (χ1v) is 22.1. The highest BCUT2D eigenvalue weighted by atomic mass is 16.3. The summed E-state index contributed by atoms with van der Waals surface area (Å²) < 4.78 is 6.28. The summed E-state index contributed by atoms with van der Waals surface area (Å²) in [6.45, 7) is 0. The fraction of sp³-hybridized carbons (Fsp3) is 0. The summed E-state index contributed by atoms with van der Waals surface area (Å²) in [6.07, 6.45) is 3.74. The summed E-state index contributed by atoms with van der Waals surface area (Å²) in [5.41, 5.74) is 12.9. The molecule has 9 aromatic carbocycles. The molecule has 0 bridgehead atoms. The molecule has 0 spiro atoms. The molecule has 67 heavy (non-hydrogen) atoms. The van der Waals surface area contributed by atoms with Crippen LogP contribution in [0.15, 0.2) is 211 Å². The molecule has 13 rings (SSSR count). The lowest BCUT2D eigenvalue weighted by molar-refractivity contribution is 0.669. The van der Waals surface area contributed by atoms with E-state index in [0.717, 1.165) is 115 Å². The number of benzene rings is 9. The maximum Gasteiger partial charge on any atom is 0.164 e. The predicted octanol–water partition coefficient (Wildman–Crippen LogP) is 15.0. The van der Waals surface area contributed by atoms with Gasteiger partial charge in [-0.25, -0.2) is 15.0 Å². The molecule has 7 nitrogen and oxygen atoms in total. The predicted molar refractivity (Wildman–Crippen MR) is 270 cm³/mol. The average molecular weight is 855 g/mol. The highest BCUT2D eigenvalue weighted by Gasteiger charge is 2.20. The smallest absolute Gasteiger partial charge is 0.164 e. The van der Waals surface area contributed by atoms with Gasteiger partial charge in [0.05, 0.1) is 22.7 Å². The molecular formula is C60H34N6O. The Morgan fingerprint density at radius 2 is 0.866 bits per heavy atom. The minimum Gasteiger partial charge on any atom is -0.456 e. The summed E-state index contributed by atoms with van der Waals surface area (Å²) in [4.78, 5) is 25.4. The van der Waals surface area contributed by atoms with Crippen LogP contribution in [0.5, 0.6) is 0 Å². The minimum absolute atomic E-state index is 0.556. The zero-order chi connectivity index (χ0) is 44.4. The lowest BCUT2D eigenvalue weighted by Gasteiger charge is -2.17. The van der Waals surface area contributed by atoms with Crippen molar-refractivity contribution in [2.24, 2.45) is 0 Å². The molecule has 310 valence electrons. The first-order chi connectivity index (χ1) is 33.1. The van der Waals surface area contributed by atoms with Crippen LogP contribution < -0.4 is 0 Å². The van der Waals surface area contributed by atoms with E-state index in [9.17, 15) is 5.26 Å². The summed E-state index contributed by atoms with van der Waals surface area (Å²) in [5, 5.41) is 18.1. The van der Waals surface area contributed by atoms with E-state index >= 15 is 0 Å². The van der Waals surface area contributed by atoms with Crippen LogP contribution >= 0.6 is 0 Å². The summed E-state index contributed by atoms with van der Waals surface area (Å²) in [5.74, 6) is 1.70. The van der Waals surface area contributed by atoms with Crippen LogP contribution in [-0.2, 0) is 0 Å². The van der Waals surface area contributed by atoms with Gasteiger partial charge in [0.15, 0.2) is 17.5 Å². The van der Waals surface area contributed by atoms with Crippen LogP contribution in [-0.4, -0.2) is 24.9 Å². The largest absolute Gasteiger partial charge is 0.456 e. The number of aromatic nitrogens is 5. The topological polar surface area (TPSA) is 101 Å².